The van der Waals surface area contributed by atoms with E-state index in [1.165, 1.54) is 82.0 Å². The Hall–Kier alpha value is -6.06. The van der Waals surface area contributed by atoms with Crippen molar-refractivity contribution in [1.29, 1.82) is 0 Å². The second-order valence-electron chi connectivity index (χ2n) is 14.4. The zero-order chi connectivity index (χ0) is 42.2. The summed E-state index contributed by atoms with van der Waals surface area (Å²) >= 11 is 6.44. The number of anilines is 1. The number of methoxy groups -OCH3 is 2. The second-order valence-corrected chi connectivity index (χ2v) is 16.7. The van der Waals surface area contributed by atoms with Crippen molar-refractivity contribution in [3.05, 3.63) is 106 Å². The van der Waals surface area contributed by atoms with Crippen LogP contribution in [-0.4, -0.2) is 79.0 Å². The Labute approximate surface area is 340 Å². The first kappa shape index (κ1) is 41.6. The zero-order valence-electron chi connectivity index (χ0n) is 33.2. The largest absolute Gasteiger partial charge is 0.493 e. The summed E-state index contributed by atoms with van der Waals surface area (Å²) in [6.07, 6.45) is 3.38. The van der Waals surface area contributed by atoms with Crippen LogP contribution in [0.1, 0.15) is 70.5 Å². The molecule has 0 spiro atoms. The van der Waals surface area contributed by atoms with E-state index in [1.54, 1.807) is 39.0 Å². The molecule has 0 fully saturated rings. The van der Waals surface area contributed by atoms with Crippen LogP contribution >= 0.6 is 11.6 Å². The lowest BCUT2D eigenvalue weighted by Gasteiger charge is -2.16. The molecule has 302 valence electrons. The van der Waals surface area contributed by atoms with Crippen LogP contribution in [0, 0.1) is 18.8 Å². The molecule has 58 heavy (non-hydrogen) atoms. The number of furan rings is 1. The van der Waals surface area contributed by atoms with Crippen molar-refractivity contribution in [2.75, 3.05) is 33.6 Å². The number of carbonyl (C=O) groups is 4. The van der Waals surface area contributed by atoms with Crippen LogP contribution in [0.2, 0.25) is 5.02 Å². The third-order valence-electron chi connectivity index (χ3n) is 9.68. The molecule has 1 N–H and O–H groups in total. The normalized spacial score (nSPS) is 12.2. The Morgan fingerprint density at radius 2 is 1.60 bits per heavy atom. The number of aromatic nitrogens is 3. The molecule has 14 nitrogen and oxygen atoms in total. The van der Waals surface area contributed by atoms with Gasteiger partial charge in [-0.15, -0.1) is 0 Å². The predicted octanol–water partition coefficient (Wildman–Crippen LogP) is 7.11. The summed E-state index contributed by atoms with van der Waals surface area (Å²) in [6, 6.07) is 13.7. The van der Waals surface area contributed by atoms with Gasteiger partial charge in [0.2, 0.25) is 23.4 Å². The predicted molar refractivity (Wildman–Crippen MR) is 219 cm³/mol. The van der Waals surface area contributed by atoms with Gasteiger partial charge in [0.1, 0.15) is 11.5 Å². The molecule has 0 aliphatic carbocycles. The molecule has 2 amide bonds. The lowest BCUT2D eigenvalue weighted by molar-refractivity contribution is -0.127. The van der Waals surface area contributed by atoms with E-state index < -0.39 is 33.3 Å². The topological polar surface area (TPSA) is 180 Å². The first-order valence-corrected chi connectivity index (χ1v) is 20.0. The maximum atomic E-state index is 14.8. The minimum Gasteiger partial charge on any atom is -0.493 e. The van der Waals surface area contributed by atoms with Gasteiger partial charge in [-0.2, -0.15) is 0 Å². The van der Waals surface area contributed by atoms with Gasteiger partial charge in [-0.1, -0.05) is 50.1 Å². The Balaban J connectivity index is 1.45. The highest BCUT2D eigenvalue weighted by atomic mass is 35.5. The van der Waals surface area contributed by atoms with E-state index in [4.69, 9.17) is 25.5 Å². The van der Waals surface area contributed by atoms with Crippen LogP contribution in [0.3, 0.4) is 0 Å². The number of nitrogens with zero attached hydrogens (tertiary/aromatic N) is 4. The molecule has 0 saturated heterocycles. The SMILES string of the molecule is COc1cc(Cc2cnc(NC(=O)C(C)CC(=O)C(C)C)nc2)c2cc(C(=O)c3c(C(=O)N(C)C)n(S(=O)(=O)c4ccc(C)cc4)c4ccc(Cl)cc34)oc2c1OC. The second kappa shape index (κ2) is 16.4. The molecule has 3 aromatic heterocycles. The highest BCUT2D eigenvalue weighted by molar-refractivity contribution is 7.90. The third-order valence-corrected chi connectivity index (χ3v) is 11.6. The molecule has 16 heteroatoms. The molecule has 6 rings (SSSR count). The number of hydrogen-bond donors (Lipinski definition) is 1. The average Bonchev–Trinajstić information content (AvgIpc) is 3.78. The van der Waals surface area contributed by atoms with Gasteiger partial charge in [0.25, 0.3) is 15.9 Å². The van der Waals surface area contributed by atoms with Crippen molar-refractivity contribution in [3.8, 4) is 11.5 Å². The number of Topliss-reactive ketones (excluding diaryl/α,β-unsaturated/α-hetero) is 1. The summed E-state index contributed by atoms with van der Waals surface area (Å²) in [6.45, 7) is 7.05. The Morgan fingerprint density at radius 1 is 0.931 bits per heavy atom. The molecule has 0 aliphatic heterocycles. The molecule has 0 aliphatic rings. The average molecular weight is 828 g/mol. The molecule has 3 aromatic carbocycles. The van der Waals surface area contributed by atoms with Gasteiger partial charge in [-0.25, -0.2) is 22.4 Å². The fourth-order valence-electron chi connectivity index (χ4n) is 6.47. The zero-order valence-corrected chi connectivity index (χ0v) is 34.7. The fraction of sp³-hybridized carbons (Fsp3) is 0.286. The number of amides is 2. The van der Waals surface area contributed by atoms with Crippen LogP contribution in [0.15, 0.2) is 76.3 Å². The molecular weight excluding hydrogens is 786 g/mol. The van der Waals surface area contributed by atoms with Crippen molar-refractivity contribution < 1.29 is 41.5 Å². The number of hydrogen-bond acceptors (Lipinski definition) is 11. The molecule has 0 saturated carbocycles. The van der Waals surface area contributed by atoms with Crippen LogP contribution in [0.5, 0.6) is 11.5 Å². The number of benzene rings is 3. The van der Waals surface area contributed by atoms with E-state index in [9.17, 15) is 27.6 Å². The summed E-state index contributed by atoms with van der Waals surface area (Å²) in [7, 11) is 1.33. The van der Waals surface area contributed by atoms with E-state index in [-0.39, 0.29) is 79.9 Å². The van der Waals surface area contributed by atoms with Crippen LogP contribution in [0.25, 0.3) is 21.9 Å². The van der Waals surface area contributed by atoms with Crippen LogP contribution in [-0.2, 0) is 26.0 Å². The number of aryl methyl sites for hydroxylation is 1. The maximum absolute atomic E-state index is 14.8. The third kappa shape index (κ3) is 7.91. The van der Waals surface area contributed by atoms with Crippen molar-refractivity contribution >= 4 is 72.8 Å². The Morgan fingerprint density at radius 3 is 2.21 bits per heavy atom. The number of carbonyl (C=O) groups excluding carboxylic acids is 4. The number of fused-ring (bicyclic) bond motifs is 2. The molecule has 3 heterocycles. The number of ketones is 2. The van der Waals surface area contributed by atoms with E-state index in [2.05, 4.69) is 15.3 Å². The molecule has 1 atom stereocenters. The van der Waals surface area contributed by atoms with E-state index >= 15 is 0 Å². The van der Waals surface area contributed by atoms with Gasteiger partial charge in [0, 0.05) is 67.0 Å². The van der Waals surface area contributed by atoms with Crippen molar-refractivity contribution in [2.24, 2.45) is 11.8 Å². The minimum absolute atomic E-state index is 0.0195. The number of halogens is 1. The summed E-state index contributed by atoms with van der Waals surface area (Å²) in [5.74, 6) is -2.36. The number of rotatable bonds is 14. The van der Waals surface area contributed by atoms with Crippen molar-refractivity contribution in [2.45, 2.75) is 45.4 Å². The summed E-state index contributed by atoms with van der Waals surface area (Å²) < 4.78 is 47.2. The summed E-state index contributed by atoms with van der Waals surface area (Å²) in [4.78, 5) is 63.5. The first-order chi connectivity index (χ1) is 27.5. The molecule has 1 unspecified atom stereocenters. The quantitative estimate of drug-likeness (QED) is 0.111. The molecular formula is C42H42ClN5O9S. The summed E-state index contributed by atoms with van der Waals surface area (Å²) in [5.41, 5.74) is 1.66. The minimum atomic E-state index is -4.45. The Bertz CT molecular complexity index is 2700. The van der Waals surface area contributed by atoms with Gasteiger partial charge in [0.15, 0.2) is 17.1 Å². The van der Waals surface area contributed by atoms with E-state index in [0.717, 1.165) is 9.54 Å². The lowest BCUT2D eigenvalue weighted by Crippen LogP contribution is -2.29. The van der Waals surface area contributed by atoms with Gasteiger partial charge in [0.05, 0.1) is 30.2 Å². The summed E-state index contributed by atoms with van der Waals surface area (Å²) in [5, 5.41) is 3.43. The van der Waals surface area contributed by atoms with Gasteiger partial charge >= 0.3 is 0 Å². The standard InChI is InChI=1S/C42H42ClN5O9S/c1-22(2)32(49)15-24(4)40(51)46-42-44-20-25(21-45-42)16-26-17-34(55-7)39(56-8)38-29(26)19-33(57-38)37(50)35-30-18-27(43)11-14-31(30)48(36(35)41(52)47(5)6)58(53,54)28-12-9-23(3)10-13-28/h9-14,17-22,24H,15-16H2,1-8H3,(H,44,45,46,51). The van der Waals surface area contributed by atoms with Gasteiger partial charge in [-0.3, -0.25) is 24.5 Å². The monoisotopic (exact) mass is 827 g/mol. The van der Waals surface area contributed by atoms with Crippen LogP contribution < -0.4 is 14.8 Å². The van der Waals surface area contributed by atoms with Crippen molar-refractivity contribution in [1.82, 2.24) is 18.8 Å². The first-order valence-electron chi connectivity index (χ1n) is 18.2. The Kier molecular flexibility index (Phi) is 11.8. The van der Waals surface area contributed by atoms with E-state index in [0.29, 0.717) is 22.3 Å². The smallest absolute Gasteiger partial charge is 0.271 e. The van der Waals surface area contributed by atoms with E-state index in [1.807, 2.05) is 6.92 Å². The highest BCUT2D eigenvalue weighted by Gasteiger charge is 2.36. The molecule has 0 radical (unpaired) electrons. The van der Waals surface area contributed by atoms with Gasteiger partial charge in [-0.05, 0) is 60.5 Å². The van der Waals surface area contributed by atoms with Crippen LogP contribution in [0.4, 0.5) is 5.95 Å². The van der Waals surface area contributed by atoms with Gasteiger partial charge < -0.3 is 18.8 Å². The fourth-order valence-corrected chi connectivity index (χ4v) is 8.16. The highest BCUT2D eigenvalue weighted by Crippen LogP contribution is 2.42. The van der Waals surface area contributed by atoms with Crippen molar-refractivity contribution in [3.63, 3.8) is 0 Å². The lowest BCUT2D eigenvalue weighted by atomic mass is 9.97. The molecule has 0 bridgehead atoms. The molecule has 6 aromatic rings. The number of nitrogens with one attached hydrogen (secondary N) is 1. The maximum Gasteiger partial charge on any atom is 0.271 e. The number of ether oxygens (including phenoxy) is 2.